The van der Waals surface area contributed by atoms with Gasteiger partial charge in [-0.1, -0.05) is 31.2 Å². The Labute approximate surface area is 150 Å². The molecule has 0 N–H and O–H groups in total. The molecule has 3 rings (SSSR count). The Morgan fingerprint density at radius 1 is 1.20 bits per heavy atom. The van der Waals surface area contributed by atoms with Crippen LogP contribution in [0.3, 0.4) is 0 Å². The van der Waals surface area contributed by atoms with Crippen molar-refractivity contribution in [2.24, 2.45) is 0 Å². The fourth-order valence-electron chi connectivity index (χ4n) is 3.96. The quantitative estimate of drug-likeness (QED) is 0.716. The van der Waals surface area contributed by atoms with E-state index in [-0.39, 0.29) is 5.82 Å². The number of ether oxygens (including phenoxy) is 1. The molecule has 1 atom stereocenters. The van der Waals surface area contributed by atoms with Crippen molar-refractivity contribution >= 4 is 0 Å². The Morgan fingerprint density at radius 2 is 2.04 bits per heavy atom. The number of methoxy groups -OCH3 is 1. The molecule has 0 amide bonds. The maximum atomic E-state index is 13.4. The highest BCUT2D eigenvalue weighted by Crippen LogP contribution is 2.37. The minimum atomic E-state index is -0.145. The molecule has 0 fully saturated rings. The van der Waals surface area contributed by atoms with Crippen molar-refractivity contribution in [1.82, 2.24) is 4.90 Å². The Bertz CT molecular complexity index is 700. The van der Waals surface area contributed by atoms with Gasteiger partial charge >= 0.3 is 0 Å². The molecule has 0 aliphatic heterocycles. The first-order valence-corrected chi connectivity index (χ1v) is 9.33. The summed E-state index contributed by atoms with van der Waals surface area (Å²) in [5.41, 5.74) is 3.92. The summed E-state index contributed by atoms with van der Waals surface area (Å²) in [6.45, 7) is 5.26. The molecular formula is C22H28FNO. The molecule has 0 radical (unpaired) electrons. The zero-order valence-corrected chi connectivity index (χ0v) is 15.3. The van der Waals surface area contributed by atoms with E-state index < -0.39 is 0 Å². The second kappa shape index (κ2) is 8.48. The van der Waals surface area contributed by atoms with E-state index >= 15 is 0 Å². The molecule has 3 heteroatoms. The first-order valence-electron chi connectivity index (χ1n) is 9.33. The Morgan fingerprint density at radius 3 is 2.80 bits per heavy atom. The largest absolute Gasteiger partial charge is 0.496 e. The second-order valence-electron chi connectivity index (χ2n) is 6.89. The molecule has 134 valence electrons. The zero-order chi connectivity index (χ0) is 17.6. The Balaban J connectivity index is 1.67. The number of nitrogens with zero attached hydrogens (tertiary/aromatic N) is 1. The zero-order valence-electron chi connectivity index (χ0n) is 15.3. The van der Waals surface area contributed by atoms with E-state index in [1.165, 1.54) is 30.0 Å². The molecule has 0 saturated heterocycles. The van der Waals surface area contributed by atoms with Crippen LogP contribution in [0.1, 0.15) is 42.4 Å². The monoisotopic (exact) mass is 341 g/mol. The summed E-state index contributed by atoms with van der Waals surface area (Å²) in [5.74, 6) is 1.45. The minimum Gasteiger partial charge on any atom is -0.496 e. The van der Waals surface area contributed by atoms with Gasteiger partial charge in [0.2, 0.25) is 0 Å². The maximum absolute atomic E-state index is 13.4. The summed E-state index contributed by atoms with van der Waals surface area (Å²) in [5, 5.41) is 0. The third-order valence-electron chi connectivity index (χ3n) is 5.34. The van der Waals surface area contributed by atoms with Crippen molar-refractivity contribution in [3.05, 3.63) is 65.0 Å². The molecule has 0 spiro atoms. The molecule has 2 aromatic carbocycles. The van der Waals surface area contributed by atoms with Crippen molar-refractivity contribution in [2.45, 2.75) is 38.5 Å². The van der Waals surface area contributed by atoms with Gasteiger partial charge in [-0.15, -0.1) is 0 Å². The van der Waals surface area contributed by atoms with Gasteiger partial charge in [0.05, 0.1) is 7.11 Å². The van der Waals surface area contributed by atoms with Crippen molar-refractivity contribution in [3.8, 4) is 5.75 Å². The van der Waals surface area contributed by atoms with Crippen LogP contribution >= 0.6 is 0 Å². The van der Waals surface area contributed by atoms with Gasteiger partial charge in [-0.3, -0.25) is 0 Å². The van der Waals surface area contributed by atoms with E-state index in [1.54, 1.807) is 19.2 Å². The van der Waals surface area contributed by atoms with Gasteiger partial charge in [0, 0.05) is 13.1 Å². The predicted octanol–water partition coefficient (Wildman–Crippen LogP) is 4.82. The molecule has 1 aliphatic rings. The summed E-state index contributed by atoms with van der Waals surface area (Å²) in [6.07, 6.45) is 4.46. The van der Waals surface area contributed by atoms with Gasteiger partial charge in [-0.05, 0) is 73.0 Å². The van der Waals surface area contributed by atoms with Crippen LogP contribution < -0.4 is 4.74 Å². The Kier molecular flexibility index (Phi) is 6.09. The SMILES string of the molecule is CCN(CCc1cccc(F)c1)CC1CCCc2c(OC)cccc21. The summed E-state index contributed by atoms with van der Waals surface area (Å²) < 4.78 is 18.9. The van der Waals surface area contributed by atoms with E-state index in [0.717, 1.165) is 43.8 Å². The number of likely N-dealkylation sites (N-methyl/N-ethyl adjacent to an activating group) is 1. The smallest absolute Gasteiger partial charge is 0.123 e. The Hall–Kier alpha value is -1.87. The average Bonchev–Trinajstić information content (AvgIpc) is 2.64. The van der Waals surface area contributed by atoms with Crippen LogP contribution in [0.4, 0.5) is 4.39 Å². The highest BCUT2D eigenvalue weighted by Gasteiger charge is 2.24. The first kappa shape index (κ1) is 17.9. The number of benzene rings is 2. The molecule has 2 aromatic rings. The van der Waals surface area contributed by atoms with Gasteiger partial charge in [0.25, 0.3) is 0 Å². The molecule has 0 aromatic heterocycles. The van der Waals surface area contributed by atoms with Crippen LogP contribution in [0, 0.1) is 5.82 Å². The van der Waals surface area contributed by atoms with Gasteiger partial charge in [-0.25, -0.2) is 4.39 Å². The molecule has 1 aliphatic carbocycles. The summed E-state index contributed by atoms with van der Waals surface area (Å²) in [7, 11) is 1.76. The van der Waals surface area contributed by atoms with Crippen LogP contribution in [0.25, 0.3) is 0 Å². The summed E-state index contributed by atoms with van der Waals surface area (Å²) in [4.78, 5) is 2.49. The van der Waals surface area contributed by atoms with E-state index in [9.17, 15) is 4.39 Å². The summed E-state index contributed by atoms with van der Waals surface area (Å²) in [6, 6.07) is 13.4. The average molecular weight is 341 g/mol. The van der Waals surface area contributed by atoms with Crippen LogP contribution in [-0.4, -0.2) is 31.6 Å². The van der Waals surface area contributed by atoms with Gasteiger partial charge in [-0.2, -0.15) is 0 Å². The lowest BCUT2D eigenvalue weighted by atomic mass is 9.82. The highest BCUT2D eigenvalue weighted by molar-refractivity contribution is 5.43. The number of halogens is 1. The van der Waals surface area contributed by atoms with Crippen LogP contribution in [0.5, 0.6) is 5.75 Å². The maximum Gasteiger partial charge on any atom is 0.123 e. The van der Waals surface area contributed by atoms with Crippen molar-refractivity contribution in [2.75, 3.05) is 26.7 Å². The molecule has 0 bridgehead atoms. The molecule has 0 saturated carbocycles. The molecule has 2 nitrogen and oxygen atoms in total. The molecule has 25 heavy (non-hydrogen) atoms. The molecular weight excluding hydrogens is 313 g/mol. The molecule has 0 heterocycles. The topological polar surface area (TPSA) is 12.5 Å². The number of hydrogen-bond donors (Lipinski definition) is 0. The van der Waals surface area contributed by atoms with Crippen molar-refractivity contribution < 1.29 is 9.13 Å². The van der Waals surface area contributed by atoms with Gasteiger partial charge < -0.3 is 9.64 Å². The lowest BCUT2D eigenvalue weighted by Crippen LogP contribution is -2.32. The minimum absolute atomic E-state index is 0.145. The van der Waals surface area contributed by atoms with Gasteiger partial charge in [0.1, 0.15) is 11.6 Å². The number of fused-ring (bicyclic) bond motifs is 1. The fraction of sp³-hybridized carbons (Fsp3) is 0.455. The van der Waals surface area contributed by atoms with E-state index in [0.29, 0.717) is 5.92 Å². The fourth-order valence-corrected chi connectivity index (χ4v) is 3.96. The summed E-state index contributed by atoms with van der Waals surface area (Å²) >= 11 is 0. The van der Waals surface area contributed by atoms with E-state index in [4.69, 9.17) is 4.74 Å². The molecule has 1 unspecified atom stereocenters. The number of hydrogen-bond acceptors (Lipinski definition) is 2. The standard InChI is InChI=1S/C22H28FNO/c1-3-24(14-13-17-7-4-9-19(23)15-17)16-18-8-5-11-21-20(18)10-6-12-22(21)25-2/h4,6-7,9-10,12,15,18H,3,5,8,11,13-14,16H2,1-2H3. The predicted molar refractivity (Wildman–Crippen MR) is 101 cm³/mol. The van der Waals surface area contributed by atoms with E-state index in [2.05, 4.69) is 30.0 Å². The van der Waals surface area contributed by atoms with Crippen molar-refractivity contribution in [1.29, 1.82) is 0 Å². The van der Waals surface area contributed by atoms with Crippen LogP contribution in [-0.2, 0) is 12.8 Å². The second-order valence-corrected chi connectivity index (χ2v) is 6.89. The van der Waals surface area contributed by atoms with Crippen LogP contribution in [0.15, 0.2) is 42.5 Å². The third-order valence-corrected chi connectivity index (χ3v) is 5.34. The third kappa shape index (κ3) is 4.40. The first-order chi connectivity index (χ1) is 12.2. The van der Waals surface area contributed by atoms with Crippen molar-refractivity contribution in [3.63, 3.8) is 0 Å². The highest BCUT2D eigenvalue weighted by atomic mass is 19.1. The van der Waals surface area contributed by atoms with Gasteiger partial charge in [0.15, 0.2) is 0 Å². The lowest BCUT2D eigenvalue weighted by molar-refractivity contribution is 0.261. The lowest BCUT2D eigenvalue weighted by Gasteiger charge is -2.31. The van der Waals surface area contributed by atoms with Crippen LogP contribution in [0.2, 0.25) is 0 Å². The number of rotatable bonds is 7. The van der Waals surface area contributed by atoms with E-state index in [1.807, 2.05) is 6.07 Å². The normalized spacial score (nSPS) is 16.7.